The molecule has 0 aliphatic carbocycles. The molecule has 0 fully saturated rings. The third-order valence-electron chi connectivity index (χ3n) is 4.28. The smallest absolute Gasteiger partial charge is 0.248 e. The van der Waals surface area contributed by atoms with Gasteiger partial charge in [-0.1, -0.05) is 34.1 Å². The average molecular weight is 449 g/mol. The minimum absolute atomic E-state index is 0.248. The van der Waals surface area contributed by atoms with Crippen molar-refractivity contribution in [1.29, 1.82) is 0 Å². The zero-order valence-electron chi connectivity index (χ0n) is 15.6. The van der Waals surface area contributed by atoms with Crippen LogP contribution in [0, 0.1) is 0 Å². The number of benzene rings is 3. The number of aromatic nitrogens is 1. The molecule has 0 atom stereocenters. The molecule has 1 amide bonds. The number of nitrogens with one attached hydrogen (secondary N) is 1. The van der Waals surface area contributed by atoms with E-state index in [2.05, 4.69) is 26.2 Å². The van der Waals surface area contributed by atoms with Crippen LogP contribution in [0.15, 0.2) is 81.7 Å². The quantitative estimate of drug-likeness (QED) is 0.385. The second-order valence-corrected chi connectivity index (χ2v) is 7.19. The van der Waals surface area contributed by atoms with Gasteiger partial charge in [-0.05, 0) is 54.6 Å². The van der Waals surface area contributed by atoms with E-state index < -0.39 is 0 Å². The molecule has 0 saturated heterocycles. The van der Waals surface area contributed by atoms with Gasteiger partial charge in [0, 0.05) is 27.4 Å². The zero-order chi connectivity index (χ0) is 20.2. The Labute approximate surface area is 176 Å². The van der Waals surface area contributed by atoms with E-state index in [9.17, 15) is 4.79 Å². The van der Waals surface area contributed by atoms with Crippen LogP contribution in [-0.2, 0) is 4.79 Å². The molecule has 6 heteroatoms. The zero-order valence-corrected chi connectivity index (χ0v) is 17.1. The van der Waals surface area contributed by atoms with Gasteiger partial charge in [0.15, 0.2) is 5.58 Å². The van der Waals surface area contributed by atoms with Gasteiger partial charge in [-0.3, -0.25) is 4.79 Å². The number of amides is 1. The summed E-state index contributed by atoms with van der Waals surface area (Å²) < 4.78 is 12.0. The Morgan fingerprint density at radius 2 is 1.97 bits per heavy atom. The Morgan fingerprint density at radius 1 is 1.10 bits per heavy atom. The Kier molecular flexibility index (Phi) is 5.44. The van der Waals surface area contributed by atoms with Crippen molar-refractivity contribution in [2.45, 2.75) is 0 Å². The molecule has 3 aromatic carbocycles. The van der Waals surface area contributed by atoms with Crippen molar-refractivity contribution in [2.75, 3.05) is 12.4 Å². The monoisotopic (exact) mass is 448 g/mol. The number of fused-ring (bicyclic) bond motifs is 1. The van der Waals surface area contributed by atoms with Crippen LogP contribution >= 0.6 is 15.9 Å². The fourth-order valence-electron chi connectivity index (χ4n) is 2.91. The van der Waals surface area contributed by atoms with E-state index in [1.165, 1.54) is 6.08 Å². The van der Waals surface area contributed by atoms with Crippen LogP contribution in [-0.4, -0.2) is 18.0 Å². The van der Waals surface area contributed by atoms with Gasteiger partial charge in [-0.15, -0.1) is 0 Å². The molecule has 0 radical (unpaired) electrons. The van der Waals surface area contributed by atoms with E-state index in [1.807, 2.05) is 66.7 Å². The number of rotatable bonds is 5. The number of carbonyl (C=O) groups is 1. The summed E-state index contributed by atoms with van der Waals surface area (Å²) in [4.78, 5) is 16.9. The molecule has 0 spiro atoms. The number of hydrogen-bond acceptors (Lipinski definition) is 4. The van der Waals surface area contributed by atoms with E-state index in [1.54, 1.807) is 13.2 Å². The highest BCUT2D eigenvalue weighted by molar-refractivity contribution is 9.10. The van der Waals surface area contributed by atoms with Crippen molar-refractivity contribution < 1.29 is 13.9 Å². The predicted octanol–water partition coefficient (Wildman–Crippen LogP) is 5.92. The minimum atomic E-state index is -0.248. The van der Waals surface area contributed by atoms with Crippen LogP contribution in [0.4, 0.5) is 5.69 Å². The average Bonchev–Trinajstić information content (AvgIpc) is 3.17. The third kappa shape index (κ3) is 4.38. The fraction of sp³-hybridized carbons (Fsp3) is 0.0435. The second kappa shape index (κ2) is 8.32. The number of anilines is 1. The van der Waals surface area contributed by atoms with Gasteiger partial charge < -0.3 is 14.5 Å². The molecule has 144 valence electrons. The summed E-state index contributed by atoms with van der Waals surface area (Å²) in [6, 6.07) is 20.6. The SMILES string of the molecule is COc1ccc(Br)cc1C=CC(=O)Nc1cccc(-c2nc3ccccc3o2)c1. The second-order valence-electron chi connectivity index (χ2n) is 6.28. The third-order valence-corrected chi connectivity index (χ3v) is 4.77. The molecular formula is C23H17BrN2O3. The first-order valence-corrected chi connectivity index (χ1v) is 9.70. The lowest BCUT2D eigenvalue weighted by atomic mass is 10.2. The van der Waals surface area contributed by atoms with Gasteiger partial charge in [0.05, 0.1) is 7.11 Å². The number of carbonyl (C=O) groups excluding carboxylic acids is 1. The maximum Gasteiger partial charge on any atom is 0.248 e. The summed E-state index contributed by atoms with van der Waals surface area (Å²) in [6.45, 7) is 0. The molecule has 0 aliphatic heterocycles. The van der Waals surface area contributed by atoms with Gasteiger partial charge in [-0.2, -0.15) is 0 Å². The lowest BCUT2D eigenvalue weighted by molar-refractivity contribution is -0.111. The molecule has 0 bridgehead atoms. The molecule has 1 heterocycles. The molecule has 0 saturated carbocycles. The standard InChI is InChI=1S/C23H17BrN2O3/c1-28-20-11-10-17(24)13-15(20)9-12-22(27)25-18-6-4-5-16(14-18)23-26-19-7-2-3-8-21(19)29-23/h2-14H,1H3,(H,25,27). The van der Waals surface area contributed by atoms with E-state index in [-0.39, 0.29) is 5.91 Å². The van der Waals surface area contributed by atoms with Crippen molar-refractivity contribution in [2.24, 2.45) is 0 Å². The summed E-state index contributed by atoms with van der Waals surface area (Å²) in [6.07, 6.45) is 3.18. The molecule has 29 heavy (non-hydrogen) atoms. The highest BCUT2D eigenvalue weighted by atomic mass is 79.9. The maximum absolute atomic E-state index is 12.4. The number of nitrogens with zero attached hydrogens (tertiary/aromatic N) is 1. The number of halogens is 1. The Morgan fingerprint density at radius 3 is 2.79 bits per heavy atom. The Bertz CT molecular complexity index is 1180. The number of para-hydroxylation sites is 2. The predicted molar refractivity (Wildman–Crippen MR) is 118 cm³/mol. The topological polar surface area (TPSA) is 64.4 Å². The number of ether oxygens (including phenoxy) is 1. The Balaban J connectivity index is 1.52. The molecule has 1 aromatic heterocycles. The van der Waals surface area contributed by atoms with Crippen molar-refractivity contribution in [3.8, 4) is 17.2 Å². The normalized spacial score (nSPS) is 11.1. The number of hydrogen-bond donors (Lipinski definition) is 1. The van der Waals surface area contributed by atoms with Crippen LogP contribution in [0.25, 0.3) is 28.6 Å². The van der Waals surface area contributed by atoms with E-state index in [0.717, 1.165) is 26.7 Å². The van der Waals surface area contributed by atoms with Crippen LogP contribution in [0.3, 0.4) is 0 Å². The lowest BCUT2D eigenvalue weighted by Gasteiger charge is -2.06. The summed E-state index contributed by atoms with van der Waals surface area (Å²) in [5, 5.41) is 2.86. The van der Waals surface area contributed by atoms with Gasteiger partial charge in [0.25, 0.3) is 0 Å². The molecule has 5 nitrogen and oxygen atoms in total. The minimum Gasteiger partial charge on any atom is -0.496 e. The maximum atomic E-state index is 12.4. The van der Waals surface area contributed by atoms with Crippen molar-refractivity contribution in [3.63, 3.8) is 0 Å². The summed E-state index contributed by atoms with van der Waals surface area (Å²) >= 11 is 3.42. The first kappa shape index (κ1) is 19.0. The molecule has 0 aliphatic rings. The van der Waals surface area contributed by atoms with Gasteiger partial charge >= 0.3 is 0 Å². The first-order valence-electron chi connectivity index (χ1n) is 8.91. The molecule has 0 unspecified atom stereocenters. The molecular weight excluding hydrogens is 432 g/mol. The molecule has 4 aromatic rings. The highest BCUT2D eigenvalue weighted by Crippen LogP contribution is 2.26. The van der Waals surface area contributed by atoms with Gasteiger partial charge in [0.2, 0.25) is 11.8 Å². The summed E-state index contributed by atoms with van der Waals surface area (Å²) in [5.41, 5.74) is 3.76. The first-order chi connectivity index (χ1) is 14.1. The van der Waals surface area contributed by atoms with E-state index >= 15 is 0 Å². The largest absolute Gasteiger partial charge is 0.496 e. The molecule has 4 rings (SSSR count). The van der Waals surface area contributed by atoms with Crippen LogP contribution < -0.4 is 10.1 Å². The summed E-state index contributed by atoms with van der Waals surface area (Å²) in [7, 11) is 1.60. The van der Waals surface area contributed by atoms with Crippen LogP contribution in [0.5, 0.6) is 5.75 Å². The van der Waals surface area contributed by atoms with Crippen molar-refractivity contribution >= 4 is 44.7 Å². The van der Waals surface area contributed by atoms with E-state index in [4.69, 9.17) is 9.15 Å². The number of oxazole rings is 1. The highest BCUT2D eigenvalue weighted by Gasteiger charge is 2.09. The van der Waals surface area contributed by atoms with Gasteiger partial charge in [0.1, 0.15) is 11.3 Å². The van der Waals surface area contributed by atoms with Crippen molar-refractivity contribution in [3.05, 3.63) is 82.8 Å². The van der Waals surface area contributed by atoms with Crippen molar-refractivity contribution in [1.82, 2.24) is 4.98 Å². The van der Waals surface area contributed by atoms with E-state index in [0.29, 0.717) is 17.3 Å². The summed E-state index contributed by atoms with van der Waals surface area (Å²) in [5.74, 6) is 0.952. The van der Waals surface area contributed by atoms with Crippen LogP contribution in [0.2, 0.25) is 0 Å². The number of methoxy groups -OCH3 is 1. The Hall–Kier alpha value is -3.38. The van der Waals surface area contributed by atoms with Crippen LogP contribution in [0.1, 0.15) is 5.56 Å². The van der Waals surface area contributed by atoms with Gasteiger partial charge in [-0.25, -0.2) is 4.98 Å². The fourth-order valence-corrected chi connectivity index (χ4v) is 3.29. The lowest BCUT2D eigenvalue weighted by Crippen LogP contribution is -2.07. The molecule has 1 N–H and O–H groups in total.